The number of amides is 3. The maximum atomic E-state index is 13.1. The number of fused-ring (bicyclic) bond motifs is 1. The minimum Gasteiger partial charge on any atom is -0.350 e. The second-order valence-corrected chi connectivity index (χ2v) is 9.37. The van der Waals surface area contributed by atoms with Gasteiger partial charge in [-0.15, -0.1) is 0 Å². The Balaban J connectivity index is 1.42. The third-order valence-corrected chi connectivity index (χ3v) is 6.58. The van der Waals surface area contributed by atoms with Crippen molar-refractivity contribution < 1.29 is 14.4 Å². The molecule has 2 aromatic carbocycles. The molecule has 8 heteroatoms. The number of hydrogen-bond donors (Lipinski definition) is 2. The summed E-state index contributed by atoms with van der Waals surface area (Å²) >= 11 is 0. The van der Waals surface area contributed by atoms with Gasteiger partial charge in [0.25, 0.3) is 11.8 Å². The van der Waals surface area contributed by atoms with Crippen LogP contribution in [-0.2, 0) is 24.3 Å². The van der Waals surface area contributed by atoms with Crippen molar-refractivity contribution in [3.8, 4) is 0 Å². The normalized spacial score (nSPS) is 17.1. The highest BCUT2D eigenvalue weighted by Crippen LogP contribution is 2.26. The monoisotopic (exact) mass is 473 g/mol. The topological polar surface area (TPSA) is 96.3 Å². The molecule has 8 nitrogen and oxygen atoms in total. The molecule has 1 aliphatic heterocycles. The molecule has 0 spiro atoms. The van der Waals surface area contributed by atoms with Crippen molar-refractivity contribution in [2.24, 2.45) is 0 Å². The van der Waals surface area contributed by atoms with E-state index in [1.165, 1.54) is 21.2 Å². The van der Waals surface area contributed by atoms with E-state index in [1.54, 1.807) is 14.0 Å². The van der Waals surface area contributed by atoms with E-state index >= 15 is 0 Å². The van der Waals surface area contributed by atoms with Crippen LogP contribution in [0.3, 0.4) is 0 Å². The molecule has 3 aromatic rings. The molecule has 0 saturated carbocycles. The van der Waals surface area contributed by atoms with E-state index in [9.17, 15) is 14.4 Å². The van der Waals surface area contributed by atoms with Gasteiger partial charge in [-0.25, -0.2) is 0 Å². The van der Waals surface area contributed by atoms with Gasteiger partial charge in [0.2, 0.25) is 5.91 Å². The predicted molar refractivity (Wildman–Crippen MR) is 133 cm³/mol. The Bertz CT molecular complexity index is 1260. The molecule has 0 saturated heterocycles. The maximum Gasteiger partial charge on any atom is 0.272 e. The number of likely N-dealkylation sites (N-methyl/N-ethyl adjacent to an activating group) is 1. The maximum absolute atomic E-state index is 13.1. The molecule has 1 aliphatic rings. The molecule has 4 rings (SSSR count). The molecular formula is C27H31N5O3. The third-order valence-electron chi connectivity index (χ3n) is 6.58. The molecule has 2 heterocycles. The van der Waals surface area contributed by atoms with E-state index in [4.69, 9.17) is 0 Å². The van der Waals surface area contributed by atoms with Gasteiger partial charge in [-0.1, -0.05) is 59.7 Å². The van der Waals surface area contributed by atoms with Crippen LogP contribution in [0, 0.1) is 13.8 Å². The van der Waals surface area contributed by atoms with E-state index < -0.39 is 5.54 Å². The quantitative estimate of drug-likeness (QED) is 0.551. The fraction of sp³-hybridized carbons (Fsp3) is 0.333. The second-order valence-electron chi connectivity index (χ2n) is 9.37. The van der Waals surface area contributed by atoms with Crippen molar-refractivity contribution in [2.75, 3.05) is 13.6 Å². The lowest BCUT2D eigenvalue weighted by Crippen LogP contribution is -2.62. The number of carbonyl (C=O) groups excluding carboxylic acids is 3. The van der Waals surface area contributed by atoms with Gasteiger partial charge in [0, 0.05) is 26.2 Å². The van der Waals surface area contributed by atoms with E-state index in [1.807, 2.05) is 56.3 Å². The molecule has 3 amide bonds. The van der Waals surface area contributed by atoms with Crippen LogP contribution in [0.25, 0.3) is 0 Å². The fourth-order valence-corrected chi connectivity index (χ4v) is 4.20. The van der Waals surface area contributed by atoms with Gasteiger partial charge in [-0.05, 0) is 38.3 Å². The number of benzene rings is 2. The van der Waals surface area contributed by atoms with Crippen molar-refractivity contribution >= 4 is 17.7 Å². The van der Waals surface area contributed by atoms with Crippen LogP contribution in [0.5, 0.6) is 0 Å². The molecule has 1 atom stereocenters. The lowest BCUT2D eigenvalue weighted by molar-refractivity contribution is -0.132. The van der Waals surface area contributed by atoms with Gasteiger partial charge in [-0.2, -0.15) is 5.10 Å². The van der Waals surface area contributed by atoms with E-state index in [0.717, 1.165) is 16.7 Å². The van der Waals surface area contributed by atoms with Crippen LogP contribution < -0.4 is 10.6 Å². The Hall–Kier alpha value is -3.94. The van der Waals surface area contributed by atoms with Crippen molar-refractivity contribution in [3.05, 3.63) is 88.2 Å². The minimum atomic E-state index is -1.14. The summed E-state index contributed by atoms with van der Waals surface area (Å²) in [7, 11) is 1.60. The number of rotatable bonds is 7. The summed E-state index contributed by atoms with van der Waals surface area (Å²) in [5.41, 5.74) is 3.74. The smallest absolute Gasteiger partial charge is 0.272 e. The average Bonchev–Trinajstić information content (AvgIpc) is 3.26. The summed E-state index contributed by atoms with van der Waals surface area (Å²) in [4.78, 5) is 40.3. The van der Waals surface area contributed by atoms with Gasteiger partial charge in [-0.3, -0.25) is 19.1 Å². The molecule has 2 N–H and O–H groups in total. The number of aromatic nitrogens is 2. The zero-order valence-electron chi connectivity index (χ0n) is 20.6. The van der Waals surface area contributed by atoms with Gasteiger partial charge < -0.3 is 15.5 Å². The predicted octanol–water partition coefficient (Wildman–Crippen LogP) is 2.63. The number of nitrogens with zero attached hydrogens (tertiary/aromatic N) is 3. The molecule has 0 aliphatic carbocycles. The van der Waals surface area contributed by atoms with Crippen molar-refractivity contribution in [2.45, 2.75) is 45.8 Å². The summed E-state index contributed by atoms with van der Waals surface area (Å²) < 4.78 is 1.46. The number of nitrogens with one attached hydrogen (secondary N) is 2. The molecule has 0 bridgehead atoms. The number of aryl methyl sites for hydroxylation is 2. The van der Waals surface area contributed by atoms with Gasteiger partial charge >= 0.3 is 0 Å². The lowest BCUT2D eigenvalue weighted by Gasteiger charge is -2.40. The minimum absolute atomic E-state index is 0.154. The summed E-state index contributed by atoms with van der Waals surface area (Å²) in [5, 5.41) is 10.2. The summed E-state index contributed by atoms with van der Waals surface area (Å²) in [6.45, 7) is 6.71. The Morgan fingerprint density at radius 1 is 1.00 bits per heavy atom. The Labute approximate surface area is 205 Å². The largest absolute Gasteiger partial charge is 0.350 e. The lowest BCUT2D eigenvalue weighted by atomic mass is 9.95. The summed E-state index contributed by atoms with van der Waals surface area (Å²) in [5.74, 6) is -0.977. The van der Waals surface area contributed by atoms with Crippen LogP contribution in [-0.4, -0.2) is 51.5 Å². The molecule has 0 unspecified atom stereocenters. The SMILES string of the molecule is Cc1ccc(CNC(=O)[C@]2(C)Cn3nc(C(=O)NCCc4cccc(C)c4)cc3C(=O)N2C)cc1. The van der Waals surface area contributed by atoms with Crippen molar-refractivity contribution in [1.29, 1.82) is 0 Å². The van der Waals surface area contributed by atoms with Crippen LogP contribution in [0.15, 0.2) is 54.6 Å². The molecule has 0 radical (unpaired) electrons. The first kappa shape index (κ1) is 24.2. The highest BCUT2D eigenvalue weighted by Gasteiger charge is 2.46. The van der Waals surface area contributed by atoms with Gasteiger partial charge in [0.1, 0.15) is 11.2 Å². The van der Waals surface area contributed by atoms with Gasteiger partial charge in [0.15, 0.2) is 5.69 Å². The Morgan fingerprint density at radius 3 is 2.46 bits per heavy atom. The first-order valence-electron chi connectivity index (χ1n) is 11.7. The van der Waals surface area contributed by atoms with Crippen molar-refractivity contribution in [1.82, 2.24) is 25.3 Å². The Kier molecular flexibility index (Phi) is 6.73. The van der Waals surface area contributed by atoms with E-state index in [2.05, 4.69) is 21.8 Å². The molecule has 1 aromatic heterocycles. The Morgan fingerprint density at radius 2 is 1.74 bits per heavy atom. The third kappa shape index (κ3) is 5.11. The van der Waals surface area contributed by atoms with Crippen molar-refractivity contribution in [3.63, 3.8) is 0 Å². The van der Waals surface area contributed by atoms with Crippen LogP contribution in [0.4, 0.5) is 0 Å². The zero-order valence-corrected chi connectivity index (χ0v) is 20.6. The van der Waals surface area contributed by atoms with E-state index in [-0.39, 0.29) is 30.0 Å². The average molecular weight is 474 g/mol. The standard InChI is InChI=1S/C27H31N5O3/c1-18-8-10-21(11-9-18)16-29-26(35)27(3)17-32-23(25(34)31(27)4)15-22(30-32)24(33)28-13-12-20-7-5-6-19(2)14-20/h5-11,14-15H,12-13,16-17H2,1-4H3,(H,28,33)(H,29,35)/t27-/m0/s1. The van der Waals surface area contributed by atoms with E-state index in [0.29, 0.717) is 25.2 Å². The zero-order chi connectivity index (χ0) is 25.2. The fourth-order valence-electron chi connectivity index (χ4n) is 4.20. The van der Waals surface area contributed by atoms with Crippen LogP contribution in [0.1, 0.15) is 50.2 Å². The summed E-state index contributed by atoms with van der Waals surface area (Å²) in [6, 6.07) is 17.5. The highest BCUT2D eigenvalue weighted by molar-refractivity contribution is 6.01. The van der Waals surface area contributed by atoms with Gasteiger partial charge in [0.05, 0.1) is 6.54 Å². The number of carbonyl (C=O) groups is 3. The van der Waals surface area contributed by atoms with Crippen LogP contribution >= 0.6 is 0 Å². The van der Waals surface area contributed by atoms with Crippen LogP contribution in [0.2, 0.25) is 0 Å². The molecule has 0 fully saturated rings. The first-order chi connectivity index (χ1) is 16.7. The first-order valence-corrected chi connectivity index (χ1v) is 11.7. The highest BCUT2D eigenvalue weighted by atomic mass is 16.2. The number of hydrogen-bond acceptors (Lipinski definition) is 4. The second kappa shape index (κ2) is 9.74. The molecular weight excluding hydrogens is 442 g/mol. The molecule has 182 valence electrons. The molecule has 35 heavy (non-hydrogen) atoms. The summed E-state index contributed by atoms with van der Waals surface area (Å²) in [6.07, 6.45) is 0.696.